The first-order valence-electron chi connectivity index (χ1n) is 9.19. The molecule has 0 aliphatic rings. The molecule has 2 N–H and O–H groups in total. The highest BCUT2D eigenvalue weighted by atomic mass is 35.5. The van der Waals surface area contributed by atoms with Gasteiger partial charge in [0.15, 0.2) is 0 Å². The third-order valence-corrected chi connectivity index (χ3v) is 6.00. The maximum Gasteiger partial charge on any atom is 0.432 e. The monoisotopic (exact) mass is 511 g/mol. The molecule has 8 nitrogen and oxygen atoms in total. The first kappa shape index (κ1) is 26.5. The summed E-state index contributed by atoms with van der Waals surface area (Å²) in [6.07, 6.45) is -5.22. The molecule has 180 valence electrons. The van der Waals surface area contributed by atoms with Crippen LogP contribution in [0.25, 0.3) is 11.1 Å². The number of hydrogen-bond acceptors (Lipinski definition) is 6. The van der Waals surface area contributed by atoms with Crippen molar-refractivity contribution in [2.75, 3.05) is 13.7 Å². The lowest BCUT2D eigenvalue weighted by Crippen LogP contribution is -2.35. The van der Waals surface area contributed by atoms with Crippen molar-refractivity contribution >= 4 is 35.2 Å². The first-order valence-corrected chi connectivity index (χ1v) is 10.4. The van der Waals surface area contributed by atoms with Gasteiger partial charge in [0, 0.05) is 24.1 Å². The van der Waals surface area contributed by atoms with Crippen LogP contribution in [0.5, 0.6) is 0 Å². The Balaban J connectivity index is 2.46. The molecule has 14 heteroatoms. The Morgan fingerprint density at radius 1 is 1.30 bits per heavy atom. The van der Waals surface area contributed by atoms with E-state index < -0.39 is 57.2 Å². The molecule has 0 saturated heterocycles. The zero-order chi connectivity index (χ0) is 25.1. The van der Waals surface area contributed by atoms with Crippen molar-refractivity contribution in [3.63, 3.8) is 0 Å². The zero-order valence-electron chi connectivity index (χ0n) is 17.4. The minimum Gasteiger partial charge on any atom is -0.469 e. The number of carbonyl (C=O) groups is 2. The molecule has 0 fully saturated rings. The predicted octanol–water partition coefficient (Wildman–Crippen LogP) is 2.71. The largest absolute Gasteiger partial charge is 0.469 e. The molecule has 1 heterocycles. The van der Waals surface area contributed by atoms with Crippen LogP contribution in [0, 0.1) is 5.82 Å². The number of aromatic nitrogens is 2. The average Bonchev–Trinajstić information content (AvgIpc) is 2.71. The van der Waals surface area contributed by atoms with Crippen LogP contribution in [0.3, 0.4) is 0 Å². The number of carbonyl (C=O) groups excluding carboxylic acids is 2. The Morgan fingerprint density at radius 2 is 1.94 bits per heavy atom. The van der Waals surface area contributed by atoms with Crippen LogP contribution >= 0.6 is 23.4 Å². The Morgan fingerprint density at radius 3 is 2.52 bits per heavy atom. The number of aromatic amines is 1. The van der Waals surface area contributed by atoms with Crippen molar-refractivity contribution in [1.82, 2.24) is 14.9 Å². The molecule has 1 unspecified atom stereocenters. The molecule has 1 amide bonds. The Hall–Kier alpha value is -2.80. The van der Waals surface area contributed by atoms with Gasteiger partial charge in [-0.2, -0.15) is 13.2 Å². The molecule has 0 aliphatic carbocycles. The number of methoxy groups -OCH3 is 1. The van der Waals surface area contributed by atoms with Crippen LogP contribution in [0.4, 0.5) is 17.6 Å². The van der Waals surface area contributed by atoms with Crippen LogP contribution in [0.1, 0.15) is 19.0 Å². The Labute approximate surface area is 193 Å². The smallest absolute Gasteiger partial charge is 0.432 e. The number of rotatable bonds is 7. The number of nitrogens with one attached hydrogen (secondary N) is 2. The van der Waals surface area contributed by atoms with E-state index in [1.54, 1.807) is 4.98 Å². The summed E-state index contributed by atoms with van der Waals surface area (Å²) in [7, 11) is 1.98. The quantitative estimate of drug-likeness (QED) is 0.336. The van der Waals surface area contributed by atoms with Crippen molar-refractivity contribution in [2.24, 2.45) is 7.05 Å². The Bertz CT molecular complexity index is 1200. The fourth-order valence-electron chi connectivity index (χ4n) is 2.79. The molecule has 1 aromatic heterocycles. The third-order valence-electron chi connectivity index (χ3n) is 4.41. The molecule has 0 spiro atoms. The van der Waals surface area contributed by atoms with E-state index in [1.165, 1.54) is 14.0 Å². The number of halogens is 5. The summed E-state index contributed by atoms with van der Waals surface area (Å²) >= 11 is 6.81. The third kappa shape index (κ3) is 6.16. The fourth-order valence-corrected chi connectivity index (χ4v) is 4.00. The number of thioether (sulfide) groups is 1. The van der Waals surface area contributed by atoms with Crippen LogP contribution < -0.4 is 16.6 Å². The number of amides is 1. The topological polar surface area (TPSA) is 110 Å². The molecule has 0 bridgehead atoms. The normalized spacial score (nSPS) is 12.4. The summed E-state index contributed by atoms with van der Waals surface area (Å²) in [4.78, 5) is 49.0. The van der Waals surface area contributed by atoms with Crippen molar-refractivity contribution in [3.8, 4) is 11.1 Å². The molecule has 1 atom stereocenters. The number of esters is 1. The van der Waals surface area contributed by atoms with Crippen LogP contribution in [0.15, 0.2) is 26.6 Å². The van der Waals surface area contributed by atoms with Gasteiger partial charge >= 0.3 is 17.8 Å². The van der Waals surface area contributed by atoms with Gasteiger partial charge in [-0.25, -0.2) is 9.18 Å². The lowest BCUT2D eigenvalue weighted by atomic mass is 10.0. The van der Waals surface area contributed by atoms with Gasteiger partial charge in [-0.05, 0) is 19.1 Å². The van der Waals surface area contributed by atoms with Gasteiger partial charge in [-0.1, -0.05) is 11.6 Å². The van der Waals surface area contributed by atoms with Crippen LogP contribution in [-0.4, -0.2) is 40.3 Å². The van der Waals surface area contributed by atoms with Crippen molar-refractivity contribution in [2.45, 2.75) is 29.7 Å². The molecule has 33 heavy (non-hydrogen) atoms. The van der Waals surface area contributed by atoms with E-state index in [-0.39, 0.29) is 27.5 Å². The highest BCUT2D eigenvalue weighted by Crippen LogP contribution is 2.39. The summed E-state index contributed by atoms with van der Waals surface area (Å²) in [5.74, 6) is -2.29. The maximum absolute atomic E-state index is 14.6. The second-order valence-electron chi connectivity index (χ2n) is 6.68. The van der Waals surface area contributed by atoms with E-state index in [9.17, 15) is 36.7 Å². The van der Waals surface area contributed by atoms with Gasteiger partial charge < -0.3 is 10.1 Å². The number of alkyl halides is 3. The number of H-pyrrole nitrogens is 1. The molecule has 2 rings (SSSR count). The fraction of sp³-hybridized carbons (Fsp3) is 0.368. The molecule has 0 radical (unpaired) electrons. The standard InChI is InChI=1S/C19H18ClF4N3O5S/c1-8(16(29)25-5-4-13(28)32-3)33-12-6-9(11(21)7-10(12)20)14-15(19(22,23)24)27(2)18(31)26-17(14)30/h6-8H,4-5H2,1-3H3,(H,25,29)(H,26,30,31). The van der Waals surface area contributed by atoms with Gasteiger partial charge in [0.1, 0.15) is 11.5 Å². The summed E-state index contributed by atoms with van der Waals surface area (Å²) in [5, 5.41) is 1.43. The molecule has 0 saturated carbocycles. The first-order chi connectivity index (χ1) is 15.3. The van der Waals surface area contributed by atoms with E-state index >= 15 is 0 Å². The van der Waals surface area contributed by atoms with E-state index in [2.05, 4.69) is 10.1 Å². The van der Waals surface area contributed by atoms with E-state index in [1.807, 2.05) is 0 Å². The van der Waals surface area contributed by atoms with Gasteiger partial charge in [-0.3, -0.25) is 23.9 Å². The van der Waals surface area contributed by atoms with Gasteiger partial charge in [-0.15, -0.1) is 11.8 Å². The van der Waals surface area contributed by atoms with E-state index in [4.69, 9.17) is 11.6 Å². The van der Waals surface area contributed by atoms with Gasteiger partial charge in [0.25, 0.3) is 5.56 Å². The highest BCUT2D eigenvalue weighted by Gasteiger charge is 2.39. The summed E-state index contributed by atoms with van der Waals surface area (Å²) in [6, 6.07) is 1.62. The van der Waals surface area contributed by atoms with E-state index in [0.717, 1.165) is 24.9 Å². The summed E-state index contributed by atoms with van der Waals surface area (Å²) < 4.78 is 60.2. The SMILES string of the molecule is COC(=O)CCNC(=O)C(C)Sc1cc(-c2c(C(F)(F)F)n(C)c(=O)[nH]c2=O)c(F)cc1Cl. The molecule has 0 aliphatic heterocycles. The zero-order valence-corrected chi connectivity index (χ0v) is 19.0. The van der Waals surface area contributed by atoms with Crippen LogP contribution in [-0.2, 0) is 27.5 Å². The Kier molecular flexibility index (Phi) is 8.36. The van der Waals surface area contributed by atoms with Crippen molar-refractivity contribution < 1.29 is 31.9 Å². The highest BCUT2D eigenvalue weighted by molar-refractivity contribution is 8.00. The van der Waals surface area contributed by atoms with Gasteiger partial charge in [0.2, 0.25) is 5.91 Å². The summed E-state index contributed by atoms with van der Waals surface area (Å²) in [5.41, 5.74) is -6.24. The molecule has 1 aromatic carbocycles. The summed E-state index contributed by atoms with van der Waals surface area (Å²) in [6.45, 7) is 1.44. The van der Waals surface area contributed by atoms with Crippen LogP contribution in [0.2, 0.25) is 5.02 Å². The lowest BCUT2D eigenvalue weighted by Gasteiger charge is -2.18. The molecule has 2 aromatic rings. The van der Waals surface area contributed by atoms with Crippen molar-refractivity contribution in [1.29, 1.82) is 0 Å². The average molecular weight is 512 g/mol. The second kappa shape index (κ2) is 10.4. The van der Waals surface area contributed by atoms with Gasteiger partial charge in [0.05, 0.1) is 29.4 Å². The number of ether oxygens (including phenoxy) is 1. The second-order valence-corrected chi connectivity index (χ2v) is 8.47. The van der Waals surface area contributed by atoms with Crippen molar-refractivity contribution in [3.05, 3.63) is 49.5 Å². The number of hydrogen-bond donors (Lipinski definition) is 2. The van der Waals surface area contributed by atoms with E-state index in [0.29, 0.717) is 6.07 Å². The lowest BCUT2D eigenvalue weighted by molar-refractivity contribution is -0.143. The minimum absolute atomic E-state index is 0.0127. The number of benzene rings is 1. The minimum atomic E-state index is -5.15. The number of nitrogens with zero attached hydrogens (tertiary/aromatic N) is 1. The predicted molar refractivity (Wildman–Crippen MR) is 113 cm³/mol. The maximum atomic E-state index is 14.6. The molecular weight excluding hydrogens is 494 g/mol. The molecular formula is C19H18ClF4N3O5S.